The van der Waals surface area contributed by atoms with Gasteiger partial charge in [-0.25, -0.2) is 12.8 Å². The zero-order valence-corrected chi connectivity index (χ0v) is 13.9. The lowest BCUT2D eigenvalue weighted by molar-refractivity contribution is 0.414. The number of hydrogen-bond acceptors (Lipinski definition) is 3. The molecule has 0 heterocycles. The van der Waals surface area contributed by atoms with Gasteiger partial charge in [0.2, 0.25) is 0 Å². The number of benzene rings is 2. The van der Waals surface area contributed by atoms with Crippen LogP contribution in [0.2, 0.25) is 5.02 Å². The maximum Gasteiger partial charge on any atom is 0.264 e. The molecule has 0 aliphatic heterocycles. The fraction of sp³-hybridized carbons (Fsp3) is 0.125. The summed E-state index contributed by atoms with van der Waals surface area (Å²) < 4.78 is 44.9. The fourth-order valence-corrected chi connectivity index (χ4v) is 3.79. The van der Waals surface area contributed by atoms with Gasteiger partial charge in [0.05, 0.1) is 29.3 Å². The quantitative estimate of drug-likeness (QED) is 0.739. The van der Waals surface area contributed by atoms with Gasteiger partial charge in [0.15, 0.2) is 0 Å². The molecule has 0 fully saturated rings. The summed E-state index contributed by atoms with van der Waals surface area (Å²) in [5, 5.41) is 0.186. The normalized spacial score (nSPS) is 11.1. The molecule has 0 saturated carbocycles. The molecule has 0 saturated heterocycles. The van der Waals surface area contributed by atoms with Crippen LogP contribution in [0.4, 0.5) is 10.1 Å². The first-order valence-electron chi connectivity index (χ1n) is 6.63. The number of sulfonamides is 1. The number of hydrogen-bond donors (Lipinski definition) is 0. The number of nitrogens with zero attached hydrogens (tertiary/aromatic N) is 1. The second-order valence-electron chi connectivity index (χ2n) is 4.60. The molecule has 2 aromatic carbocycles. The first kappa shape index (κ1) is 17.3. The van der Waals surface area contributed by atoms with Crippen molar-refractivity contribution in [1.29, 1.82) is 0 Å². The van der Waals surface area contributed by atoms with E-state index in [1.807, 2.05) is 0 Å². The maximum atomic E-state index is 13.1. The Balaban J connectivity index is 2.50. The van der Waals surface area contributed by atoms with E-state index in [9.17, 15) is 12.8 Å². The third-order valence-corrected chi connectivity index (χ3v) is 5.21. The van der Waals surface area contributed by atoms with Crippen molar-refractivity contribution in [2.75, 3.05) is 18.0 Å². The Morgan fingerprint density at radius 1 is 1.26 bits per heavy atom. The van der Waals surface area contributed by atoms with Crippen LogP contribution in [0.1, 0.15) is 0 Å². The van der Waals surface area contributed by atoms with Crippen LogP contribution in [0.15, 0.2) is 60.0 Å². The van der Waals surface area contributed by atoms with Crippen molar-refractivity contribution >= 4 is 27.3 Å². The molecule has 122 valence electrons. The average Bonchev–Trinajstić information content (AvgIpc) is 2.53. The molecule has 0 spiro atoms. The largest absolute Gasteiger partial charge is 0.495 e. The van der Waals surface area contributed by atoms with Crippen LogP contribution < -0.4 is 9.04 Å². The molecule has 0 bridgehead atoms. The van der Waals surface area contributed by atoms with Crippen molar-refractivity contribution in [1.82, 2.24) is 0 Å². The van der Waals surface area contributed by atoms with E-state index < -0.39 is 15.8 Å². The zero-order valence-electron chi connectivity index (χ0n) is 12.4. The van der Waals surface area contributed by atoms with Gasteiger partial charge in [-0.2, -0.15) is 0 Å². The van der Waals surface area contributed by atoms with Crippen molar-refractivity contribution in [3.05, 3.63) is 66.0 Å². The van der Waals surface area contributed by atoms with Gasteiger partial charge in [0.25, 0.3) is 10.0 Å². The summed E-state index contributed by atoms with van der Waals surface area (Å²) in [6.07, 6.45) is 1.45. The first-order chi connectivity index (χ1) is 10.9. The minimum atomic E-state index is -3.88. The van der Waals surface area contributed by atoms with E-state index in [2.05, 4.69) is 6.58 Å². The molecule has 0 aliphatic carbocycles. The second-order valence-corrected chi connectivity index (χ2v) is 6.87. The summed E-state index contributed by atoms with van der Waals surface area (Å²) >= 11 is 6.01. The lowest BCUT2D eigenvalue weighted by Crippen LogP contribution is -2.31. The van der Waals surface area contributed by atoms with Crippen LogP contribution in [-0.4, -0.2) is 22.1 Å². The molecule has 0 aliphatic rings. The Kier molecular flexibility index (Phi) is 5.28. The van der Waals surface area contributed by atoms with Gasteiger partial charge in [-0.3, -0.25) is 4.31 Å². The highest BCUT2D eigenvalue weighted by Crippen LogP contribution is 2.30. The van der Waals surface area contributed by atoms with Gasteiger partial charge in [-0.15, -0.1) is 6.58 Å². The summed E-state index contributed by atoms with van der Waals surface area (Å²) in [7, 11) is -2.43. The standard InChI is InChI=1S/C16H15ClFNO3S/c1-3-10-19(13-6-4-12(18)5-7-13)23(20,21)14-8-9-16(22-2)15(17)11-14/h3-9,11H,1,10H2,2H3. The zero-order chi connectivity index (χ0) is 17.0. The topological polar surface area (TPSA) is 46.6 Å². The van der Waals surface area contributed by atoms with Crippen LogP contribution in [0.25, 0.3) is 0 Å². The number of anilines is 1. The average molecular weight is 356 g/mol. The Morgan fingerprint density at radius 2 is 1.91 bits per heavy atom. The van der Waals surface area contributed by atoms with Crippen molar-refractivity contribution < 1.29 is 17.5 Å². The van der Waals surface area contributed by atoms with Gasteiger partial charge in [-0.1, -0.05) is 17.7 Å². The van der Waals surface area contributed by atoms with E-state index >= 15 is 0 Å². The number of halogens is 2. The van der Waals surface area contributed by atoms with Gasteiger partial charge in [-0.05, 0) is 42.5 Å². The van der Waals surface area contributed by atoms with Gasteiger partial charge in [0.1, 0.15) is 11.6 Å². The van der Waals surface area contributed by atoms with E-state index in [0.29, 0.717) is 11.4 Å². The summed E-state index contributed by atoms with van der Waals surface area (Å²) in [5.41, 5.74) is 0.332. The number of methoxy groups -OCH3 is 1. The smallest absolute Gasteiger partial charge is 0.264 e. The molecule has 4 nitrogen and oxygen atoms in total. The molecule has 7 heteroatoms. The number of rotatable bonds is 6. The molecule has 0 amide bonds. The lowest BCUT2D eigenvalue weighted by Gasteiger charge is -2.23. The lowest BCUT2D eigenvalue weighted by atomic mass is 10.3. The van der Waals surface area contributed by atoms with Crippen LogP contribution in [0.5, 0.6) is 5.75 Å². The molecule has 23 heavy (non-hydrogen) atoms. The Labute approximate surface area is 139 Å². The molecule has 0 aromatic heterocycles. The van der Waals surface area contributed by atoms with Crippen molar-refractivity contribution in [2.24, 2.45) is 0 Å². The number of ether oxygens (including phenoxy) is 1. The third-order valence-electron chi connectivity index (χ3n) is 3.12. The fourth-order valence-electron chi connectivity index (χ4n) is 2.00. The van der Waals surface area contributed by atoms with Crippen LogP contribution >= 0.6 is 11.6 Å². The minimum absolute atomic E-state index is 0.00877. The van der Waals surface area contributed by atoms with Crippen LogP contribution in [0.3, 0.4) is 0 Å². The SMILES string of the molecule is C=CCN(c1ccc(F)cc1)S(=O)(=O)c1ccc(OC)c(Cl)c1. The maximum absolute atomic E-state index is 13.1. The third kappa shape index (κ3) is 3.65. The van der Waals surface area contributed by atoms with E-state index in [0.717, 1.165) is 4.31 Å². The Morgan fingerprint density at radius 3 is 2.43 bits per heavy atom. The summed E-state index contributed by atoms with van der Waals surface area (Å²) in [6, 6.07) is 9.37. The molecule has 0 unspecified atom stereocenters. The van der Waals surface area contributed by atoms with Gasteiger partial charge < -0.3 is 4.74 Å². The highest BCUT2D eigenvalue weighted by Gasteiger charge is 2.25. The van der Waals surface area contributed by atoms with Crippen LogP contribution in [0, 0.1) is 5.82 Å². The molecule has 0 atom stereocenters. The molecule has 0 N–H and O–H groups in total. The minimum Gasteiger partial charge on any atom is -0.495 e. The highest BCUT2D eigenvalue weighted by molar-refractivity contribution is 7.92. The van der Waals surface area contributed by atoms with E-state index in [1.54, 1.807) is 0 Å². The summed E-state index contributed by atoms with van der Waals surface area (Å²) in [4.78, 5) is 0.00877. The molecule has 2 rings (SSSR count). The summed E-state index contributed by atoms with van der Waals surface area (Å²) in [5.74, 6) is -0.0696. The summed E-state index contributed by atoms with van der Waals surface area (Å²) in [6.45, 7) is 3.61. The predicted molar refractivity (Wildman–Crippen MR) is 89.1 cm³/mol. The van der Waals surface area contributed by atoms with Crippen molar-refractivity contribution in [2.45, 2.75) is 4.90 Å². The monoisotopic (exact) mass is 355 g/mol. The van der Waals surface area contributed by atoms with Crippen LogP contribution in [-0.2, 0) is 10.0 Å². The first-order valence-corrected chi connectivity index (χ1v) is 8.44. The van der Waals surface area contributed by atoms with Gasteiger partial charge >= 0.3 is 0 Å². The molecule has 0 radical (unpaired) electrons. The van der Waals surface area contributed by atoms with E-state index in [4.69, 9.17) is 16.3 Å². The Bertz CT molecular complexity index is 807. The second kappa shape index (κ2) is 7.02. The predicted octanol–water partition coefficient (Wildman–Crippen LogP) is 3.87. The molecular formula is C16H15ClFNO3S. The molecule has 2 aromatic rings. The Hall–Kier alpha value is -2.05. The highest BCUT2D eigenvalue weighted by atomic mass is 35.5. The van der Waals surface area contributed by atoms with Crippen molar-refractivity contribution in [3.8, 4) is 5.75 Å². The molecular weight excluding hydrogens is 341 g/mol. The van der Waals surface area contributed by atoms with E-state index in [1.165, 1.54) is 55.7 Å². The van der Waals surface area contributed by atoms with E-state index in [-0.39, 0.29) is 16.5 Å². The van der Waals surface area contributed by atoms with Crippen molar-refractivity contribution in [3.63, 3.8) is 0 Å². The van der Waals surface area contributed by atoms with Gasteiger partial charge in [0, 0.05) is 0 Å².